The Bertz CT molecular complexity index is 421. The number of nitrogens with zero attached hydrogens (tertiary/aromatic N) is 1. The molecule has 0 aromatic heterocycles. The molecule has 0 aromatic carbocycles. The number of aliphatic imine (C=N–C) groups is 1. The minimum atomic E-state index is -0.923. The molecule has 1 aliphatic rings. The number of rotatable bonds is 4. The van der Waals surface area contributed by atoms with Crippen molar-refractivity contribution >= 4 is 29.3 Å². The van der Waals surface area contributed by atoms with Gasteiger partial charge < -0.3 is 14.2 Å². The fraction of sp³-hybridized carbons (Fsp3) is 0.769. The molecule has 0 aromatic rings. The van der Waals surface area contributed by atoms with Crippen molar-refractivity contribution in [1.82, 2.24) is 0 Å². The second-order valence-corrected chi connectivity index (χ2v) is 4.89. The van der Waals surface area contributed by atoms with Gasteiger partial charge in [-0.05, 0) is 18.6 Å². The second kappa shape index (κ2) is 7.47. The summed E-state index contributed by atoms with van der Waals surface area (Å²) in [4.78, 5) is 26.4. The quantitative estimate of drug-likeness (QED) is 0.447. The van der Waals surface area contributed by atoms with Gasteiger partial charge in [0.05, 0.1) is 11.3 Å². The number of carbonyl (C=O) groups is 2. The van der Waals surface area contributed by atoms with Crippen LogP contribution in [0.25, 0.3) is 0 Å². The summed E-state index contributed by atoms with van der Waals surface area (Å²) in [6, 6.07) is -0.696. The number of carbonyl (C=O) groups excluding carboxylic acids is 2. The monoisotopic (exact) mass is 301 g/mol. The summed E-state index contributed by atoms with van der Waals surface area (Å²) in [6.07, 6.45) is -0.982. The summed E-state index contributed by atoms with van der Waals surface area (Å²) < 4.78 is 16.2. The standard InChI is InChI=1S/C13H19NO5S/c1-5-10-7(2)12(17-8(3)15)11(14-6-20)13(19-10)18-9(4)16/h7,10-13H,5H2,1-4H3/t7-,10-,11-,12+,13-/m1/s1. The van der Waals surface area contributed by atoms with Crippen LogP contribution in [0.1, 0.15) is 34.1 Å². The Morgan fingerprint density at radius 1 is 1.30 bits per heavy atom. The highest BCUT2D eigenvalue weighted by atomic mass is 32.1. The Balaban J connectivity index is 3.06. The van der Waals surface area contributed by atoms with Gasteiger partial charge in [0.1, 0.15) is 6.10 Å². The van der Waals surface area contributed by atoms with Crippen LogP contribution < -0.4 is 0 Å². The molecule has 1 saturated heterocycles. The van der Waals surface area contributed by atoms with E-state index in [1.807, 2.05) is 13.8 Å². The Labute approximate surface area is 123 Å². The topological polar surface area (TPSA) is 74.2 Å². The number of ether oxygens (including phenoxy) is 3. The molecule has 0 spiro atoms. The van der Waals surface area contributed by atoms with E-state index in [2.05, 4.69) is 22.4 Å². The maximum absolute atomic E-state index is 11.3. The molecule has 0 bridgehead atoms. The lowest BCUT2D eigenvalue weighted by Gasteiger charge is -2.42. The summed E-state index contributed by atoms with van der Waals surface area (Å²) in [7, 11) is 0. The molecule has 1 heterocycles. The van der Waals surface area contributed by atoms with E-state index in [9.17, 15) is 9.59 Å². The molecule has 7 heteroatoms. The van der Waals surface area contributed by atoms with Gasteiger partial charge in [-0.3, -0.25) is 9.59 Å². The van der Waals surface area contributed by atoms with Gasteiger partial charge in [-0.25, -0.2) is 4.99 Å². The van der Waals surface area contributed by atoms with Crippen molar-refractivity contribution < 1.29 is 23.8 Å². The lowest BCUT2D eigenvalue weighted by atomic mass is 9.88. The summed E-state index contributed by atoms with van der Waals surface area (Å²) in [5, 5.41) is 2.24. The zero-order valence-electron chi connectivity index (χ0n) is 12.0. The number of isothiocyanates is 1. The molecule has 1 fully saturated rings. The largest absolute Gasteiger partial charge is 0.460 e. The van der Waals surface area contributed by atoms with E-state index in [1.165, 1.54) is 13.8 Å². The van der Waals surface area contributed by atoms with Crippen LogP contribution >= 0.6 is 12.2 Å². The van der Waals surface area contributed by atoms with Crippen LogP contribution in [0.15, 0.2) is 4.99 Å². The smallest absolute Gasteiger partial charge is 0.305 e. The highest BCUT2D eigenvalue weighted by molar-refractivity contribution is 7.78. The van der Waals surface area contributed by atoms with Gasteiger partial charge in [-0.1, -0.05) is 13.8 Å². The third-order valence-electron chi connectivity index (χ3n) is 3.22. The maximum atomic E-state index is 11.3. The highest BCUT2D eigenvalue weighted by Gasteiger charge is 2.46. The average molecular weight is 301 g/mol. The fourth-order valence-electron chi connectivity index (χ4n) is 2.35. The summed E-state index contributed by atoms with van der Waals surface area (Å²) in [5.74, 6) is -1.01. The maximum Gasteiger partial charge on any atom is 0.305 e. The van der Waals surface area contributed by atoms with Gasteiger partial charge in [-0.15, -0.1) is 0 Å². The summed E-state index contributed by atoms with van der Waals surface area (Å²) >= 11 is 4.61. The fourth-order valence-corrected chi connectivity index (χ4v) is 2.47. The molecule has 1 aliphatic heterocycles. The predicted molar refractivity (Wildman–Crippen MR) is 74.3 cm³/mol. The molecular formula is C13H19NO5S. The Hall–Kier alpha value is -1.30. The molecule has 6 nitrogen and oxygen atoms in total. The van der Waals surface area contributed by atoms with Crippen molar-refractivity contribution in [3.05, 3.63) is 0 Å². The van der Waals surface area contributed by atoms with E-state index in [-0.39, 0.29) is 12.0 Å². The van der Waals surface area contributed by atoms with Crippen LogP contribution in [0.3, 0.4) is 0 Å². The Morgan fingerprint density at radius 3 is 2.35 bits per heavy atom. The van der Waals surface area contributed by atoms with Crippen molar-refractivity contribution in [3.63, 3.8) is 0 Å². The van der Waals surface area contributed by atoms with Gasteiger partial charge in [-0.2, -0.15) is 0 Å². The predicted octanol–water partition coefficient (Wildman–Crippen LogP) is 1.72. The van der Waals surface area contributed by atoms with Gasteiger partial charge in [0.2, 0.25) is 6.29 Å². The lowest BCUT2D eigenvalue weighted by molar-refractivity contribution is -0.241. The van der Waals surface area contributed by atoms with E-state index >= 15 is 0 Å². The first-order chi connectivity index (χ1) is 9.40. The van der Waals surface area contributed by atoms with Crippen LogP contribution in [-0.2, 0) is 23.8 Å². The van der Waals surface area contributed by atoms with Gasteiger partial charge in [0, 0.05) is 19.8 Å². The van der Waals surface area contributed by atoms with Crippen molar-refractivity contribution in [2.75, 3.05) is 0 Å². The van der Waals surface area contributed by atoms with Crippen LogP contribution in [0, 0.1) is 5.92 Å². The molecule has 1 rings (SSSR count). The van der Waals surface area contributed by atoms with E-state index in [0.717, 1.165) is 0 Å². The molecule has 0 N–H and O–H groups in total. The van der Waals surface area contributed by atoms with Gasteiger partial charge in [0.25, 0.3) is 0 Å². The first-order valence-electron chi connectivity index (χ1n) is 6.47. The molecule has 20 heavy (non-hydrogen) atoms. The molecular weight excluding hydrogens is 282 g/mol. The van der Waals surface area contributed by atoms with Gasteiger partial charge >= 0.3 is 11.9 Å². The number of thiocarbonyl (C=S) groups is 1. The Kier molecular flexibility index (Phi) is 6.26. The molecule has 0 unspecified atom stereocenters. The van der Waals surface area contributed by atoms with Crippen molar-refractivity contribution in [2.45, 2.75) is 58.7 Å². The normalized spacial score (nSPS) is 32.9. The van der Waals surface area contributed by atoms with Crippen LogP contribution in [-0.4, -0.2) is 41.6 Å². The van der Waals surface area contributed by atoms with Gasteiger partial charge in [0.15, 0.2) is 6.04 Å². The number of esters is 2. The molecule has 0 radical (unpaired) electrons. The minimum absolute atomic E-state index is 0.0900. The average Bonchev–Trinajstić information content (AvgIpc) is 2.36. The van der Waals surface area contributed by atoms with Crippen LogP contribution in [0.4, 0.5) is 0 Å². The zero-order valence-corrected chi connectivity index (χ0v) is 12.8. The van der Waals surface area contributed by atoms with E-state index in [0.29, 0.717) is 6.42 Å². The summed E-state index contributed by atoms with van der Waals surface area (Å²) in [6.45, 7) is 6.45. The first-order valence-corrected chi connectivity index (χ1v) is 6.88. The second-order valence-electron chi connectivity index (χ2n) is 4.70. The third kappa shape index (κ3) is 4.10. The van der Waals surface area contributed by atoms with Crippen molar-refractivity contribution in [1.29, 1.82) is 0 Å². The molecule has 5 atom stereocenters. The SMILES string of the molecule is CC[C@H]1O[C@@H](OC(C)=O)[C@H](N=C=S)[C@@H](OC(C)=O)[C@@H]1C. The molecule has 0 amide bonds. The molecule has 0 saturated carbocycles. The third-order valence-corrected chi connectivity index (χ3v) is 3.32. The van der Waals surface area contributed by atoms with Crippen LogP contribution in [0.5, 0.6) is 0 Å². The number of hydrogen-bond acceptors (Lipinski definition) is 7. The molecule has 112 valence electrons. The highest BCUT2D eigenvalue weighted by Crippen LogP contribution is 2.32. The first kappa shape index (κ1) is 16.8. The van der Waals surface area contributed by atoms with Crippen LogP contribution in [0.2, 0.25) is 0 Å². The molecule has 0 aliphatic carbocycles. The summed E-state index contributed by atoms with van der Waals surface area (Å²) in [5.41, 5.74) is 0. The Morgan fingerprint density at radius 2 is 1.90 bits per heavy atom. The van der Waals surface area contributed by atoms with E-state index in [1.54, 1.807) is 0 Å². The van der Waals surface area contributed by atoms with E-state index in [4.69, 9.17) is 14.2 Å². The number of hydrogen-bond donors (Lipinski definition) is 0. The van der Waals surface area contributed by atoms with Crippen molar-refractivity contribution in [3.8, 4) is 0 Å². The van der Waals surface area contributed by atoms with Crippen molar-refractivity contribution in [2.24, 2.45) is 10.9 Å². The van der Waals surface area contributed by atoms with E-state index < -0.39 is 30.4 Å². The minimum Gasteiger partial charge on any atom is -0.460 e. The lowest BCUT2D eigenvalue weighted by Crippen LogP contribution is -2.55. The zero-order chi connectivity index (χ0) is 15.3.